The van der Waals surface area contributed by atoms with Crippen molar-refractivity contribution in [3.05, 3.63) is 53.3 Å². The number of hydrogen-bond acceptors (Lipinski definition) is 4. The number of nitrogens with one attached hydrogen (secondary N) is 2. The summed E-state index contributed by atoms with van der Waals surface area (Å²) in [4.78, 5) is 21.9. The number of H-pyrrole nitrogens is 2. The summed E-state index contributed by atoms with van der Waals surface area (Å²) in [6.07, 6.45) is 0.806. The highest BCUT2D eigenvalue weighted by molar-refractivity contribution is 6.01. The van der Waals surface area contributed by atoms with Gasteiger partial charge in [0.15, 0.2) is 11.5 Å². The van der Waals surface area contributed by atoms with Gasteiger partial charge in [-0.25, -0.2) is 0 Å². The van der Waals surface area contributed by atoms with E-state index >= 15 is 0 Å². The van der Waals surface area contributed by atoms with Crippen molar-refractivity contribution >= 4 is 27.7 Å². The number of amides is 1. The Bertz CT molecular complexity index is 1270. The average molecular weight is 405 g/mol. The normalized spacial score (nSPS) is 13.5. The molecule has 0 bridgehead atoms. The fourth-order valence-electron chi connectivity index (χ4n) is 4.37. The first kappa shape index (κ1) is 18.4. The number of benzene rings is 2. The van der Waals surface area contributed by atoms with E-state index in [1.165, 1.54) is 16.6 Å². The summed E-state index contributed by atoms with van der Waals surface area (Å²) in [5.41, 5.74) is 4.76. The first-order chi connectivity index (χ1) is 14.6. The van der Waals surface area contributed by atoms with Crippen molar-refractivity contribution < 1.29 is 19.0 Å². The van der Waals surface area contributed by atoms with Gasteiger partial charge in [0.05, 0.1) is 26.8 Å². The molecule has 7 nitrogen and oxygen atoms in total. The van der Waals surface area contributed by atoms with Crippen LogP contribution in [0.2, 0.25) is 0 Å². The SMILES string of the molecule is COc1cc2cc(C(=O)N3CCc4[nH]c5ccccc5c4C3)[nH]c2c(OC)c1OC. The average Bonchev–Trinajstić information content (AvgIpc) is 3.37. The molecule has 2 aromatic carbocycles. The zero-order valence-electron chi connectivity index (χ0n) is 17.2. The Morgan fingerprint density at radius 3 is 2.57 bits per heavy atom. The van der Waals surface area contributed by atoms with Gasteiger partial charge in [0.2, 0.25) is 5.75 Å². The number of carbonyl (C=O) groups excluding carboxylic acids is 1. The van der Waals surface area contributed by atoms with Crippen LogP contribution in [0.3, 0.4) is 0 Å². The highest BCUT2D eigenvalue weighted by Crippen LogP contribution is 2.43. The molecule has 7 heteroatoms. The fourth-order valence-corrected chi connectivity index (χ4v) is 4.37. The van der Waals surface area contributed by atoms with Crippen molar-refractivity contribution in [2.45, 2.75) is 13.0 Å². The first-order valence-corrected chi connectivity index (χ1v) is 9.84. The Labute approximate surface area is 173 Å². The van der Waals surface area contributed by atoms with Crippen LogP contribution in [0.1, 0.15) is 21.7 Å². The standard InChI is InChI=1S/C23H23N3O4/c1-28-19-11-13-10-18(25-20(13)22(30-3)21(19)29-2)23(27)26-9-8-17-15(12-26)14-6-4-5-7-16(14)24-17/h4-7,10-11,24-25H,8-9,12H2,1-3H3. The van der Waals surface area contributed by atoms with E-state index in [4.69, 9.17) is 14.2 Å². The van der Waals surface area contributed by atoms with Crippen LogP contribution in [0.25, 0.3) is 21.8 Å². The Hall–Kier alpha value is -3.61. The molecule has 4 aromatic rings. The summed E-state index contributed by atoms with van der Waals surface area (Å²) in [6.45, 7) is 1.25. The van der Waals surface area contributed by atoms with E-state index in [1.807, 2.05) is 29.2 Å². The maximum absolute atomic E-state index is 13.3. The first-order valence-electron chi connectivity index (χ1n) is 9.84. The zero-order chi connectivity index (χ0) is 20.8. The summed E-state index contributed by atoms with van der Waals surface area (Å²) in [5.74, 6) is 1.53. The summed E-state index contributed by atoms with van der Waals surface area (Å²) in [5, 5.41) is 2.01. The number of hydrogen-bond donors (Lipinski definition) is 2. The second-order valence-electron chi connectivity index (χ2n) is 7.40. The van der Waals surface area contributed by atoms with Crippen molar-refractivity contribution in [2.75, 3.05) is 27.9 Å². The molecule has 1 aliphatic heterocycles. The van der Waals surface area contributed by atoms with Gasteiger partial charge in [0.25, 0.3) is 5.91 Å². The smallest absolute Gasteiger partial charge is 0.270 e. The quantitative estimate of drug-likeness (QED) is 0.540. The molecular formula is C23H23N3O4. The van der Waals surface area contributed by atoms with Crippen molar-refractivity contribution in [3.63, 3.8) is 0 Å². The minimum Gasteiger partial charge on any atom is -0.493 e. The number of nitrogens with zero attached hydrogens (tertiary/aromatic N) is 1. The third-order valence-electron chi connectivity index (χ3n) is 5.82. The van der Waals surface area contributed by atoms with E-state index in [9.17, 15) is 4.79 Å². The van der Waals surface area contributed by atoms with E-state index in [0.717, 1.165) is 17.3 Å². The molecule has 1 aliphatic rings. The van der Waals surface area contributed by atoms with Gasteiger partial charge < -0.3 is 29.1 Å². The van der Waals surface area contributed by atoms with Crippen LogP contribution in [0, 0.1) is 0 Å². The minimum atomic E-state index is -0.0397. The molecule has 2 aromatic heterocycles. The lowest BCUT2D eigenvalue weighted by atomic mass is 10.0. The lowest BCUT2D eigenvalue weighted by Gasteiger charge is -2.26. The molecule has 3 heterocycles. The van der Waals surface area contributed by atoms with Gasteiger partial charge in [-0.15, -0.1) is 0 Å². The van der Waals surface area contributed by atoms with Gasteiger partial charge in [-0.3, -0.25) is 4.79 Å². The number of aromatic amines is 2. The molecule has 2 N–H and O–H groups in total. The second-order valence-corrected chi connectivity index (χ2v) is 7.40. The molecular weight excluding hydrogens is 382 g/mol. The maximum Gasteiger partial charge on any atom is 0.270 e. The van der Waals surface area contributed by atoms with Crippen LogP contribution in [0.15, 0.2) is 36.4 Å². The third-order valence-corrected chi connectivity index (χ3v) is 5.82. The lowest BCUT2D eigenvalue weighted by Crippen LogP contribution is -2.35. The van der Waals surface area contributed by atoms with Crippen LogP contribution in [0.5, 0.6) is 17.2 Å². The minimum absolute atomic E-state index is 0.0397. The summed E-state index contributed by atoms with van der Waals surface area (Å²) >= 11 is 0. The largest absolute Gasteiger partial charge is 0.493 e. The molecule has 0 unspecified atom stereocenters. The molecule has 0 aliphatic carbocycles. The van der Waals surface area contributed by atoms with Crippen molar-refractivity contribution in [2.24, 2.45) is 0 Å². The third kappa shape index (κ3) is 2.69. The molecule has 0 fully saturated rings. The monoisotopic (exact) mass is 405 g/mol. The van der Waals surface area contributed by atoms with Gasteiger partial charge in [0, 0.05) is 47.1 Å². The number of para-hydroxylation sites is 1. The molecule has 0 spiro atoms. The molecule has 30 heavy (non-hydrogen) atoms. The van der Waals surface area contributed by atoms with E-state index in [1.54, 1.807) is 21.3 Å². The summed E-state index contributed by atoms with van der Waals surface area (Å²) < 4.78 is 16.4. The van der Waals surface area contributed by atoms with E-state index in [2.05, 4.69) is 22.1 Å². The van der Waals surface area contributed by atoms with Crippen LogP contribution in [-0.2, 0) is 13.0 Å². The van der Waals surface area contributed by atoms with Crippen LogP contribution >= 0.6 is 0 Å². The Kier molecular flexibility index (Phi) is 4.31. The topological polar surface area (TPSA) is 79.6 Å². The van der Waals surface area contributed by atoms with E-state index in [-0.39, 0.29) is 5.91 Å². The van der Waals surface area contributed by atoms with Gasteiger partial charge in [-0.2, -0.15) is 0 Å². The lowest BCUT2D eigenvalue weighted by molar-refractivity contribution is 0.0730. The van der Waals surface area contributed by atoms with Crippen molar-refractivity contribution in [3.8, 4) is 17.2 Å². The molecule has 5 rings (SSSR count). The Morgan fingerprint density at radius 2 is 1.80 bits per heavy atom. The zero-order valence-corrected chi connectivity index (χ0v) is 17.2. The van der Waals surface area contributed by atoms with Crippen LogP contribution in [-0.4, -0.2) is 48.6 Å². The molecule has 154 valence electrons. The highest BCUT2D eigenvalue weighted by atomic mass is 16.5. The van der Waals surface area contributed by atoms with E-state index < -0.39 is 0 Å². The van der Waals surface area contributed by atoms with Gasteiger partial charge in [-0.05, 0) is 18.2 Å². The number of aromatic nitrogens is 2. The van der Waals surface area contributed by atoms with Crippen LogP contribution in [0.4, 0.5) is 0 Å². The molecule has 0 radical (unpaired) electrons. The molecule has 1 amide bonds. The summed E-state index contributed by atoms with van der Waals surface area (Å²) in [6, 6.07) is 11.9. The number of methoxy groups -OCH3 is 3. The fraction of sp³-hybridized carbons (Fsp3) is 0.261. The van der Waals surface area contributed by atoms with Crippen molar-refractivity contribution in [1.82, 2.24) is 14.9 Å². The molecule has 0 atom stereocenters. The summed E-state index contributed by atoms with van der Waals surface area (Å²) in [7, 11) is 4.71. The predicted octanol–water partition coefficient (Wildman–Crippen LogP) is 3.87. The second kappa shape index (κ2) is 7.02. The highest BCUT2D eigenvalue weighted by Gasteiger charge is 2.27. The Morgan fingerprint density at radius 1 is 1.00 bits per heavy atom. The van der Waals surface area contributed by atoms with Crippen LogP contribution < -0.4 is 14.2 Å². The number of ether oxygens (including phenoxy) is 3. The van der Waals surface area contributed by atoms with Gasteiger partial charge in [-0.1, -0.05) is 18.2 Å². The number of fused-ring (bicyclic) bond motifs is 4. The van der Waals surface area contributed by atoms with Gasteiger partial charge in [0.1, 0.15) is 5.69 Å². The molecule has 0 saturated carbocycles. The van der Waals surface area contributed by atoms with Gasteiger partial charge >= 0.3 is 0 Å². The number of rotatable bonds is 4. The maximum atomic E-state index is 13.3. The number of carbonyl (C=O) groups is 1. The predicted molar refractivity (Wildman–Crippen MR) is 115 cm³/mol. The van der Waals surface area contributed by atoms with Crippen molar-refractivity contribution in [1.29, 1.82) is 0 Å². The Balaban J connectivity index is 1.52. The van der Waals surface area contributed by atoms with E-state index in [0.29, 0.717) is 41.5 Å². The molecule has 0 saturated heterocycles.